The van der Waals surface area contributed by atoms with E-state index < -0.39 is 53.2 Å². The molecule has 1 aliphatic carbocycles. The smallest absolute Gasteiger partial charge is 0.246 e. The number of carbonyl (C=O) groups is 5. The third-order valence-corrected chi connectivity index (χ3v) is 7.50. The summed E-state index contributed by atoms with van der Waals surface area (Å²) in [5.74, 6) is -3.24. The second-order valence-electron chi connectivity index (χ2n) is 11.3. The van der Waals surface area contributed by atoms with Crippen LogP contribution in [0, 0.1) is 0 Å². The van der Waals surface area contributed by atoms with Gasteiger partial charge in [-0.1, -0.05) is 25.0 Å². The van der Waals surface area contributed by atoms with E-state index in [1.807, 2.05) is 0 Å². The molecular formula is C29H47N11O6. The van der Waals surface area contributed by atoms with Gasteiger partial charge in [0.2, 0.25) is 29.5 Å². The lowest BCUT2D eigenvalue weighted by Crippen LogP contribution is -2.63. The summed E-state index contributed by atoms with van der Waals surface area (Å²) < 4.78 is 0. The first kappa shape index (κ1) is 37.1. The minimum atomic E-state index is -1.35. The molecule has 0 heterocycles. The summed E-state index contributed by atoms with van der Waals surface area (Å²) in [6.45, 7) is 1.70. The molecule has 1 aromatic carbocycles. The topological polar surface area (TPSA) is 309 Å². The van der Waals surface area contributed by atoms with Gasteiger partial charge in [-0.25, -0.2) is 0 Å². The largest absolute Gasteiger partial charge is 0.508 e. The molecule has 15 N–H and O–H groups in total. The van der Waals surface area contributed by atoms with Crippen molar-refractivity contribution in [1.82, 2.24) is 21.3 Å². The fourth-order valence-corrected chi connectivity index (χ4v) is 5.16. The van der Waals surface area contributed by atoms with Gasteiger partial charge in [0.05, 0.1) is 0 Å². The summed E-state index contributed by atoms with van der Waals surface area (Å²) in [6.07, 6.45) is 2.93. The number of phenols is 1. The molecule has 1 fully saturated rings. The van der Waals surface area contributed by atoms with Crippen LogP contribution in [0.25, 0.3) is 0 Å². The van der Waals surface area contributed by atoms with Crippen LogP contribution in [0.5, 0.6) is 5.75 Å². The lowest BCUT2D eigenvalue weighted by molar-refractivity contribution is -0.137. The van der Waals surface area contributed by atoms with Crippen LogP contribution in [-0.4, -0.2) is 83.3 Å². The number of primary amides is 1. The van der Waals surface area contributed by atoms with Crippen molar-refractivity contribution in [1.29, 1.82) is 0 Å². The van der Waals surface area contributed by atoms with E-state index in [2.05, 4.69) is 31.3 Å². The number of nitrogens with zero attached hydrogens (tertiary/aromatic N) is 2. The third kappa shape index (κ3) is 12.5. The average molecular weight is 646 g/mol. The van der Waals surface area contributed by atoms with E-state index in [0.29, 0.717) is 44.1 Å². The van der Waals surface area contributed by atoms with E-state index >= 15 is 0 Å². The Bertz CT molecular complexity index is 1270. The molecular weight excluding hydrogens is 598 g/mol. The Hall–Kier alpha value is -5.09. The van der Waals surface area contributed by atoms with Gasteiger partial charge in [-0.15, -0.1) is 0 Å². The molecule has 0 bridgehead atoms. The summed E-state index contributed by atoms with van der Waals surface area (Å²) in [5.41, 5.74) is 26.4. The van der Waals surface area contributed by atoms with Gasteiger partial charge in [-0.05, 0) is 56.2 Å². The van der Waals surface area contributed by atoms with Crippen molar-refractivity contribution in [2.75, 3.05) is 13.1 Å². The number of phenolic OH excluding ortho intramolecular Hbond substituents is 1. The van der Waals surface area contributed by atoms with Crippen molar-refractivity contribution >= 4 is 41.5 Å². The van der Waals surface area contributed by atoms with Crippen LogP contribution >= 0.6 is 0 Å². The molecule has 254 valence electrons. The van der Waals surface area contributed by atoms with Crippen LogP contribution in [0.2, 0.25) is 0 Å². The quantitative estimate of drug-likeness (QED) is 0.0452. The fraction of sp³-hybridized carbons (Fsp3) is 0.552. The van der Waals surface area contributed by atoms with Crippen LogP contribution in [0.1, 0.15) is 63.9 Å². The van der Waals surface area contributed by atoms with E-state index in [-0.39, 0.29) is 50.0 Å². The predicted octanol–water partition coefficient (Wildman–Crippen LogP) is -2.57. The minimum Gasteiger partial charge on any atom is -0.508 e. The maximum Gasteiger partial charge on any atom is 0.246 e. The Morgan fingerprint density at radius 1 is 0.783 bits per heavy atom. The number of hydrogen-bond acceptors (Lipinski definition) is 8. The Balaban J connectivity index is 2.24. The van der Waals surface area contributed by atoms with Crippen LogP contribution in [-0.2, 0) is 30.4 Å². The summed E-state index contributed by atoms with van der Waals surface area (Å²) >= 11 is 0. The summed E-state index contributed by atoms with van der Waals surface area (Å²) in [7, 11) is 0. The summed E-state index contributed by atoms with van der Waals surface area (Å²) in [6, 6.07) is 2.86. The van der Waals surface area contributed by atoms with Gasteiger partial charge in [-0.3, -0.25) is 34.0 Å². The van der Waals surface area contributed by atoms with Gasteiger partial charge in [0, 0.05) is 26.4 Å². The second-order valence-corrected chi connectivity index (χ2v) is 11.3. The molecule has 17 nitrogen and oxygen atoms in total. The molecule has 0 radical (unpaired) electrons. The molecule has 0 aliphatic heterocycles. The van der Waals surface area contributed by atoms with Gasteiger partial charge in [-0.2, -0.15) is 0 Å². The molecule has 2 rings (SSSR count). The average Bonchev–Trinajstić information content (AvgIpc) is 3.45. The molecule has 0 spiro atoms. The molecule has 1 aliphatic rings. The number of nitrogens with two attached hydrogens (primary N) is 5. The number of hydrogen-bond donors (Lipinski definition) is 10. The SMILES string of the molecule is CC(=O)N[C@@H](CCCN=C(N)N)C(=O)NC1(C(=O)N[C@@H](CCCN=C(N)N)C(=O)N[C@@H](Cc2ccc(O)cc2)C(N)=O)CCCC1. The summed E-state index contributed by atoms with van der Waals surface area (Å²) in [4.78, 5) is 72.7. The van der Waals surface area contributed by atoms with Crippen molar-refractivity contribution in [3.8, 4) is 5.75 Å². The maximum atomic E-state index is 13.9. The van der Waals surface area contributed by atoms with Gasteiger partial charge in [0.15, 0.2) is 11.9 Å². The van der Waals surface area contributed by atoms with Crippen molar-refractivity contribution in [3.63, 3.8) is 0 Å². The van der Waals surface area contributed by atoms with Gasteiger partial charge in [0.1, 0.15) is 29.4 Å². The first-order valence-corrected chi connectivity index (χ1v) is 15.1. The highest BCUT2D eigenvalue weighted by atomic mass is 16.3. The zero-order valence-electron chi connectivity index (χ0n) is 26.1. The molecule has 0 unspecified atom stereocenters. The first-order chi connectivity index (χ1) is 21.7. The van der Waals surface area contributed by atoms with E-state index in [0.717, 1.165) is 0 Å². The number of nitrogens with one attached hydrogen (secondary N) is 4. The van der Waals surface area contributed by atoms with Crippen LogP contribution < -0.4 is 49.9 Å². The number of benzene rings is 1. The van der Waals surface area contributed by atoms with Crippen LogP contribution in [0.15, 0.2) is 34.3 Å². The normalized spacial score (nSPS) is 15.3. The monoisotopic (exact) mass is 645 g/mol. The van der Waals surface area contributed by atoms with E-state index in [9.17, 15) is 29.1 Å². The Morgan fingerprint density at radius 3 is 1.78 bits per heavy atom. The van der Waals surface area contributed by atoms with Crippen molar-refractivity contribution in [2.24, 2.45) is 38.7 Å². The number of guanidine groups is 2. The van der Waals surface area contributed by atoms with Gasteiger partial charge >= 0.3 is 0 Å². The van der Waals surface area contributed by atoms with Crippen molar-refractivity contribution < 1.29 is 29.1 Å². The maximum absolute atomic E-state index is 13.9. The molecule has 1 saturated carbocycles. The van der Waals surface area contributed by atoms with Gasteiger partial charge in [0.25, 0.3) is 0 Å². The minimum absolute atomic E-state index is 0.0363. The number of rotatable bonds is 18. The number of amides is 5. The predicted molar refractivity (Wildman–Crippen MR) is 172 cm³/mol. The van der Waals surface area contributed by atoms with E-state index in [4.69, 9.17) is 28.7 Å². The van der Waals surface area contributed by atoms with Crippen molar-refractivity contribution in [2.45, 2.75) is 88.4 Å². The number of aliphatic imine (C=N–C) groups is 2. The highest BCUT2D eigenvalue weighted by Crippen LogP contribution is 2.30. The molecule has 17 heteroatoms. The molecule has 0 aromatic heterocycles. The van der Waals surface area contributed by atoms with Crippen molar-refractivity contribution in [3.05, 3.63) is 29.8 Å². The number of aromatic hydroxyl groups is 1. The molecule has 5 amide bonds. The zero-order valence-corrected chi connectivity index (χ0v) is 26.1. The highest BCUT2D eigenvalue weighted by molar-refractivity contribution is 5.97. The lowest BCUT2D eigenvalue weighted by Gasteiger charge is -2.33. The molecule has 0 saturated heterocycles. The molecule has 1 aromatic rings. The third-order valence-electron chi connectivity index (χ3n) is 7.50. The van der Waals surface area contributed by atoms with E-state index in [1.54, 1.807) is 12.1 Å². The fourth-order valence-electron chi connectivity index (χ4n) is 5.16. The Labute approximate surface area is 267 Å². The molecule has 46 heavy (non-hydrogen) atoms. The van der Waals surface area contributed by atoms with Crippen LogP contribution in [0.4, 0.5) is 0 Å². The number of carbonyl (C=O) groups excluding carboxylic acids is 5. The zero-order chi connectivity index (χ0) is 34.3. The molecule has 3 atom stereocenters. The summed E-state index contributed by atoms with van der Waals surface area (Å²) in [5, 5.41) is 20.4. The van der Waals surface area contributed by atoms with Crippen LogP contribution in [0.3, 0.4) is 0 Å². The second kappa shape index (κ2) is 18.0. The highest BCUT2D eigenvalue weighted by Gasteiger charge is 2.44. The lowest BCUT2D eigenvalue weighted by atomic mass is 9.94. The Kier molecular flexibility index (Phi) is 14.5. The van der Waals surface area contributed by atoms with Gasteiger partial charge < -0.3 is 55.0 Å². The standard InChI is InChI=1S/C29H47N11O6/c1-17(41)37-21(7-5-15-36-28(33)34)25(45)40-29(12-2-3-13-29)26(46)39-20(6-4-14-35-27(31)32)24(44)38-22(23(30)43)16-18-8-10-19(42)11-9-18/h8-11,20-22,42H,2-7,12-16H2,1H3,(H2,30,43)(H,37,41)(H,38,44)(H,39,46)(H,40,45)(H4,31,32,35)(H4,33,34,36)/t20-,21-,22-/m0/s1. The first-order valence-electron chi connectivity index (χ1n) is 15.1. The van der Waals surface area contributed by atoms with E-state index in [1.165, 1.54) is 19.1 Å². The Morgan fingerprint density at radius 2 is 1.30 bits per heavy atom.